The topological polar surface area (TPSA) is 70.2 Å². The Morgan fingerprint density at radius 1 is 1.30 bits per heavy atom. The van der Waals surface area contributed by atoms with Crippen molar-refractivity contribution in [2.45, 2.75) is 19.9 Å². The predicted molar refractivity (Wildman–Crippen MR) is 115 cm³/mol. The summed E-state index contributed by atoms with van der Waals surface area (Å²) in [5.41, 5.74) is 4.65. The number of fused-ring (bicyclic) bond motifs is 1. The van der Waals surface area contributed by atoms with Crippen LogP contribution in [0.15, 0.2) is 55.0 Å². The standard InChI is InChI=1S/C23H23FN4O2/c1-2-28(23(29)26-13-16-3-5-18(24)6-4-16)20-7-8-22-21(12-20)17(9-10-30-22)11-19-14-25-15-27-19/h3-8,11-12,14-15H,2,9-10,13H2,1H3,(H,25,27)(H,26,29). The molecule has 0 saturated carbocycles. The van der Waals surface area contributed by atoms with Gasteiger partial charge in [-0.05, 0) is 54.5 Å². The van der Waals surface area contributed by atoms with Crippen molar-refractivity contribution in [1.29, 1.82) is 0 Å². The zero-order valence-electron chi connectivity index (χ0n) is 16.7. The summed E-state index contributed by atoms with van der Waals surface area (Å²) in [6.07, 6.45) is 6.25. The molecule has 2 N–H and O–H groups in total. The fraction of sp³-hybridized carbons (Fsp3) is 0.217. The number of hydrogen-bond donors (Lipinski definition) is 2. The Labute approximate surface area is 174 Å². The summed E-state index contributed by atoms with van der Waals surface area (Å²) >= 11 is 0. The van der Waals surface area contributed by atoms with E-state index in [0.717, 1.165) is 40.3 Å². The molecule has 30 heavy (non-hydrogen) atoms. The average Bonchev–Trinajstić information content (AvgIpc) is 3.27. The second-order valence-electron chi connectivity index (χ2n) is 6.98. The minimum Gasteiger partial charge on any atom is -0.493 e. The van der Waals surface area contributed by atoms with E-state index in [1.54, 1.807) is 29.6 Å². The largest absolute Gasteiger partial charge is 0.493 e. The molecule has 2 aromatic carbocycles. The Morgan fingerprint density at radius 2 is 2.13 bits per heavy atom. The Balaban J connectivity index is 1.54. The smallest absolute Gasteiger partial charge is 0.322 e. The molecule has 0 radical (unpaired) electrons. The third-order valence-electron chi connectivity index (χ3n) is 5.02. The van der Waals surface area contributed by atoms with E-state index in [-0.39, 0.29) is 11.8 Å². The molecule has 0 saturated heterocycles. The number of carbonyl (C=O) groups is 1. The third kappa shape index (κ3) is 4.35. The van der Waals surface area contributed by atoms with Gasteiger partial charge in [0.15, 0.2) is 0 Å². The molecule has 7 heteroatoms. The Bertz CT molecular complexity index is 1050. The number of imidazole rings is 1. The van der Waals surface area contributed by atoms with E-state index in [1.807, 2.05) is 25.1 Å². The Morgan fingerprint density at radius 3 is 2.87 bits per heavy atom. The number of rotatable bonds is 5. The van der Waals surface area contributed by atoms with E-state index < -0.39 is 0 Å². The van der Waals surface area contributed by atoms with Crippen LogP contribution < -0.4 is 15.0 Å². The van der Waals surface area contributed by atoms with E-state index >= 15 is 0 Å². The van der Waals surface area contributed by atoms with E-state index in [0.29, 0.717) is 19.7 Å². The first-order valence-corrected chi connectivity index (χ1v) is 9.90. The summed E-state index contributed by atoms with van der Waals surface area (Å²) < 4.78 is 18.9. The second kappa shape index (κ2) is 8.82. The first-order chi connectivity index (χ1) is 14.6. The molecule has 2 heterocycles. The number of urea groups is 1. The van der Waals surface area contributed by atoms with E-state index in [1.165, 1.54) is 12.1 Å². The summed E-state index contributed by atoms with van der Waals surface area (Å²) in [7, 11) is 0. The molecule has 154 valence electrons. The SMILES string of the molecule is CCN(C(=O)NCc1ccc(F)cc1)c1ccc2c(c1)C(=Cc1cnc[nH]1)CCO2. The highest BCUT2D eigenvalue weighted by Crippen LogP contribution is 2.36. The molecule has 1 aromatic heterocycles. The molecule has 2 amide bonds. The molecule has 0 bridgehead atoms. The molecule has 3 aromatic rings. The molecule has 0 atom stereocenters. The molecular weight excluding hydrogens is 383 g/mol. The van der Waals surface area contributed by atoms with Crippen LogP contribution in [-0.2, 0) is 6.54 Å². The third-order valence-corrected chi connectivity index (χ3v) is 5.02. The van der Waals surface area contributed by atoms with Gasteiger partial charge < -0.3 is 15.0 Å². The number of carbonyl (C=O) groups excluding carboxylic acids is 1. The molecule has 1 aliphatic heterocycles. The first kappa shape index (κ1) is 19.7. The number of amides is 2. The number of hydrogen-bond acceptors (Lipinski definition) is 3. The van der Waals surface area contributed by atoms with Gasteiger partial charge in [-0.15, -0.1) is 0 Å². The number of H-pyrrole nitrogens is 1. The Hall–Kier alpha value is -3.61. The summed E-state index contributed by atoms with van der Waals surface area (Å²) in [6, 6.07) is 11.7. The van der Waals surface area contributed by atoms with Crippen LogP contribution in [0.25, 0.3) is 11.6 Å². The number of benzene rings is 2. The van der Waals surface area contributed by atoms with Crippen molar-refractivity contribution in [3.05, 3.63) is 77.6 Å². The molecule has 6 nitrogen and oxygen atoms in total. The number of aromatic nitrogens is 2. The van der Waals surface area contributed by atoms with Crippen LogP contribution in [0.1, 0.15) is 30.2 Å². The molecule has 4 rings (SSSR count). The van der Waals surface area contributed by atoms with Gasteiger partial charge >= 0.3 is 6.03 Å². The highest BCUT2D eigenvalue weighted by molar-refractivity contribution is 5.93. The van der Waals surface area contributed by atoms with Gasteiger partial charge in [0.1, 0.15) is 11.6 Å². The van der Waals surface area contributed by atoms with Crippen LogP contribution in [0, 0.1) is 5.82 Å². The van der Waals surface area contributed by atoms with Crippen LogP contribution in [0.5, 0.6) is 5.75 Å². The summed E-state index contributed by atoms with van der Waals surface area (Å²) in [4.78, 5) is 21.6. The van der Waals surface area contributed by atoms with Crippen LogP contribution in [0.2, 0.25) is 0 Å². The van der Waals surface area contributed by atoms with Gasteiger partial charge in [-0.2, -0.15) is 0 Å². The first-order valence-electron chi connectivity index (χ1n) is 9.90. The lowest BCUT2D eigenvalue weighted by Gasteiger charge is -2.25. The van der Waals surface area contributed by atoms with Crippen molar-refractivity contribution in [2.24, 2.45) is 0 Å². The highest BCUT2D eigenvalue weighted by atomic mass is 19.1. The fourth-order valence-corrected chi connectivity index (χ4v) is 3.47. The lowest BCUT2D eigenvalue weighted by Crippen LogP contribution is -2.39. The van der Waals surface area contributed by atoms with Gasteiger partial charge in [-0.3, -0.25) is 4.90 Å². The van der Waals surface area contributed by atoms with Crippen LogP contribution in [0.3, 0.4) is 0 Å². The number of aromatic amines is 1. The van der Waals surface area contributed by atoms with E-state index in [2.05, 4.69) is 21.4 Å². The van der Waals surface area contributed by atoms with Crippen molar-refractivity contribution in [3.8, 4) is 5.75 Å². The molecule has 0 unspecified atom stereocenters. The fourth-order valence-electron chi connectivity index (χ4n) is 3.47. The molecule has 0 spiro atoms. The van der Waals surface area contributed by atoms with Crippen molar-refractivity contribution < 1.29 is 13.9 Å². The van der Waals surface area contributed by atoms with Crippen molar-refractivity contribution in [3.63, 3.8) is 0 Å². The van der Waals surface area contributed by atoms with Gasteiger partial charge in [0.2, 0.25) is 0 Å². The molecule has 0 aliphatic carbocycles. The Kier molecular flexibility index (Phi) is 5.79. The van der Waals surface area contributed by atoms with Crippen LogP contribution in [0.4, 0.5) is 14.9 Å². The van der Waals surface area contributed by atoms with Gasteiger partial charge in [0.05, 0.1) is 24.8 Å². The lowest BCUT2D eigenvalue weighted by atomic mass is 9.98. The number of halogens is 1. The number of nitrogens with zero attached hydrogens (tertiary/aromatic N) is 2. The maximum atomic E-state index is 13.1. The van der Waals surface area contributed by atoms with Crippen LogP contribution >= 0.6 is 0 Å². The number of nitrogens with one attached hydrogen (secondary N) is 2. The van der Waals surface area contributed by atoms with Gasteiger partial charge in [0.25, 0.3) is 0 Å². The lowest BCUT2D eigenvalue weighted by molar-refractivity contribution is 0.246. The van der Waals surface area contributed by atoms with E-state index in [9.17, 15) is 9.18 Å². The normalized spacial score (nSPS) is 14.1. The maximum absolute atomic E-state index is 13.1. The number of anilines is 1. The van der Waals surface area contributed by atoms with Crippen molar-refractivity contribution >= 4 is 23.4 Å². The summed E-state index contributed by atoms with van der Waals surface area (Å²) in [5, 5.41) is 2.90. The average molecular weight is 406 g/mol. The van der Waals surface area contributed by atoms with Crippen molar-refractivity contribution in [2.75, 3.05) is 18.1 Å². The predicted octanol–water partition coefficient (Wildman–Crippen LogP) is 4.61. The highest BCUT2D eigenvalue weighted by Gasteiger charge is 2.20. The monoisotopic (exact) mass is 406 g/mol. The summed E-state index contributed by atoms with van der Waals surface area (Å²) in [5.74, 6) is 0.508. The minimum absolute atomic E-state index is 0.211. The van der Waals surface area contributed by atoms with Crippen molar-refractivity contribution in [1.82, 2.24) is 15.3 Å². The second-order valence-corrected chi connectivity index (χ2v) is 6.98. The number of ether oxygens (including phenoxy) is 1. The molecule has 1 aliphatic rings. The van der Waals surface area contributed by atoms with Gasteiger partial charge in [-0.1, -0.05) is 12.1 Å². The molecule has 0 fully saturated rings. The van der Waals surface area contributed by atoms with Crippen LogP contribution in [-0.4, -0.2) is 29.2 Å². The zero-order chi connectivity index (χ0) is 20.9. The van der Waals surface area contributed by atoms with Gasteiger partial charge in [-0.25, -0.2) is 14.2 Å². The van der Waals surface area contributed by atoms with E-state index in [4.69, 9.17) is 4.74 Å². The molecular formula is C23H23FN4O2. The summed E-state index contributed by atoms with van der Waals surface area (Å²) in [6.45, 7) is 3.37. The zero-order valence-corrected chi connectivity index (χ0v) is 16.7. The quantitative estimate of drug-likeness (QED) is 0.650. The minimum atomic E-state index is -0.296. The maximum Gasteiger partial charge on any atom is 0.322 e. The van der Waals surface area contributed by atoms with Gasteiger partial charge in [0, 0.05) is 30.8 Å².